The zero-order valence-electron chi connectivity index (χ0n) is 14.5. The number of anilines is 2. The van der Waals surface area contributed by atoms with Crippen LogP contribution in [0.5, 0.6) is 5.75 Å². The van der Waals surface area contributed by atoms with Gasteiger partial charge >= 0.3 is 11.8 Å². The van der Waals surface area contributed by atoms with Crippen molar-refractivity contribution in [1.82, 2.24) is 9.27 Å². The highest BCUT2D eigenvalue weighted by molar-refractivity contribution is 7.13. The molecule has 1 aliphatic heterocycles. The van der Waals surface area contributed by atoms with E-state index in [4.69, 9.17) is 0 Å². The van der Waals surface area contributed by atoms with Crippen molar-refractivity contribution in [3.63, 3.8) is 0 Å². The van der Waals surface area contributed by atoms with E-state index in [1.807, 2.05) is 24.3 Å². The number of rotatable bonds is 2. The van der Waals surface area contributed by atoms with E-state index >= 15 is 0 Å². The van der Waals surface area contributed by atoms with Crippen LogP contribution in [0.25, 0.3) is 10.1 Å². The van der Waals surface area contributed by atoms with Gasteiger partial charge in [0, 0.05) is 31.6 Å². The summed E-state index contributed by atoms with van der Waals surface area (Å²) in [5.74, 6) is -0.481. The lowest BCUT2D eigenvalue weighted by Crippen LogP contribution is -2.51. The maximum Gasteiger partial charge on any atom is 0.314 e. The average Bonchev–Trinajstić information content (AvgIpc) is 3.13. The first-order valence-electron chi connectivity index (χ1n) is 8.61. The lowest BCUT2D eigenvalue weighted by molar-refractivity contribution is -0.143. The molecule has 1 saturated heterocycles. The molecule has 4 rings (SSSR count). The van der Waals surface area contributed by atoms with Crippen LogP contribution in [-0.4, -0.2) is 52.4 Å². The third-order valence-corrected chi connectivity index (χ3v) is 5.39. The van der Waals surface area contributed by atoms with Crippen LogP contribution in [0.4, 0.5) is 11.5 Å². The van der Waals surface area contributed by atoms with Crippen molar-refractivity contribution >= 4 is 44.9 Å². The van der Waals surface area contributed by atoms with Crippen molar-refractivity contribution in [3.05, 3.63) is 48.5 Å². The lowest BCUT2D eigenvalue weighted by Gasteiger charge is -2.34. The van der Waals surface area contributed by atoms with Crippen LogP contribution in [-0.2, 0) is 9.59 Å². The number of carbonyl (C=O) groups excluding carboxylic acids is 2. The molecular weight excluding hydrogens is 364 g/mol. The molecule has 27 heavy (non-hydrogen) atoms. The summed E-state index contributed by atoms with van der Waals surface area (Å²) in [7, 11) is 0. The highest BCUT2D eigenvalue weighted by Crippen LogP contribution is 2.29. The minimum Gasteiger partial charge on any atom is -0.506 e. The molecule has 138 valence electrons. The Morgan fingerprint density at radius 3 is 2.48 bits per heavy atom. The molecule has 0 saturated carbocycles. The Balaban J connectivity index is 1.39. The minimum atomic E-state index is -0.746. The summed E-state index contributed by atoms with van der Waals surface area (Å²) in [6.45, 7) is 2.12. The largest absolute Gasteiger partial charge is 0.506 e. The molecule has 0 aliphatic carbocycles. The van der Waals surface area contributed by atoms with Crippen LogP contribution in [0.3, 0.4) is 0 Å². The molecule has 0 radical (unpaired) electrons. The first-order chi connectivity index (χ1) is 13.1. The van der Waals surface area contributed by atoms with Crippen molar-refractivity contribution in [2.45, 2.75) is 0 Å². The van der Waals surface area contributed by atoms with Crippen LogP contribution in [0.2, 0.25) is 0 Å². The number of amides is 2. The second kappa shape index (κ2) is 7.24. The number of carbonyl (C=O) groups is 2. The molecule has 1 aliphatic rings. The van der Waals surface area contributed by atoms with Crippen LogP contribution in [0.1, 0.15) is 0 Å². The number of nitrogens with one attached hydrogen (secondary N) is 1. The van der Waals surface area contributed by atoms with Gasteiger partial charge in [0.2, 0.25) is 0 Å². The second-order valence-corrected chi connectivity index (χ2v) is 7.06. The highest BCUT2D eigenvalue weighted by atomic mass is 32.1. The number of benzene rings is 2. The van der Waals surface area contributed by atoms with E-state index in [0.717, 1.165) is 15.9 Å². The molecule has 2 heterocycles. The lowest BCUT2D eigenvalue weighted by atomic mass is 10.2. The maximum absolute atomic E-state index is 12.4. The molecule has 0 bridgehead atoms. The van der Waals surface area contributed by atoms with Gasteiger partial charge in [-0.3, -0.25) is 9.59 Å². The van der Waals surface area contributed by atoms with Crippen LogP contribution >= 0.6 is 11.5 Å². The Morgan fingerprint density at radius 2 is 1.70 bits per heavy atom. The summed E-state index contributed by atoms with van der Waals surface area (Å²) < 4.78 is 5.68. The summed E-state index contributed by atoms with van der Waals surface area (Å²) in [6.07, 6.45) is 0. The molecule has 3 aromatic rings. The average molecular weight is 382 g/mol. The van der Waals surface area contributed by atoms with E-state index in [1.54, 1.807) is 18.2 Å². The number of aromatic nitrogens is 1. The van der Waals surface area contributed by atoms with Gasteiger partial charge in [-0.05, 0) is 35.8 Å². The topological polar surface area (TPSA) is 85.8 Å². The molecule has 0 atom stereocenters. The van der Waals surface area contributed by atoms with Gasteiger partial charge in [0.05, 0.1) is 10.4 Å². The van der Waals surface area contributed by atoms with Gasteiger partial charge in [-0.2, -0.15) is 4.37 Å². The van der Waals surface area contributed by atoms with Gasteiger partial charge < -0.3 is 20.2 Å². The standard InChI is InChI=1S/C19H18N4O3S/c24-15-7-3-2-6-14(15)20-18(25)19(26)23-11-9-22(10-12-23)17-13-5-1-4-8-16(13)27-21-17/h1-8,24H,9-12H2,(H,20,25). The molecule has 0 spiro atoms. The molecule has 1 aromatic heterocycles. The SMILES string of the molecule is O=C(Nc1ccccc1O)C(=O)N1CCN(c2nsc3ccccc23)CC1. The summed E-state index contributed by atoms with van der Waals surface area (Å²) in [6, 6.07) is 14.4. The summed E-state index contributed by atoms with van der Waals surface area (Å²) in [5, 5.41) is 13.3. The van der Waals surface area contributed by atoms with E-state index in [-0.39, 0.29) is 11.4 Å². The quantitative estimate of drug-likeness (QED) is 0.525. The maximum atomic E-state index is 12.4. The summed E-state index contributed by atoms with van der Waals surface area (Å²) >= 11 is 1.46. The van der Waals surface area contributed by atoms with Crippen LogP contribution in [0, 0.1) is 0 Å². The number of para-hydroxylation sites is 2. The Kier molecular flexibility index (Phi) is 4.64. The zero-order valence-corrected chi connectivity index (χ0v) is 15.3. The second-order valence-electron chi connectivity index (χ2n) is 6.25. The number of hydrogen-bond donors (Lipinski definition) is 2. The van der Waals surface area contributed by atoms with Gasteiger partial charge in [0.1, 0.15) is 11.6 Å². The number of piperazine rings is 1. The number of fused-ring (bicyclic) bond motifs is 1. The molecule has 2 amide bonds. The fourth-order valence-corrected chi connectivity index (χ4v) is 3.92. The molecule has 1 fully saturated rings. The Morgan fingerprint density at radius 1 is 1.00 bits per heavy atom. The van der Waals surface area contributed by atoms with Gasteiger partial charge in [-0.25, -0.2) is 0 Å². The third kappa shape index (κ3) is 3.43. The molecule has 2 aromatic carbocycles. The molecule has 8 heteroatoms. The van der Waals surface area contributed by atoms with Gasteiger partial charge in [-0.1, -0.05) is 24.3 Å². The normalized spacial score (nSPS) is 14.4. The Labute approximate surface area is 160 Å². The molecule has 7 nitrogen and oxygen atoms in total. The number of aromatic hydroxyl groups is 1. The predicted molar refractivity (Wildman–Crippen MR) is 105 cm³/mol. The Bertz CT molecular complexity index is 995. The number of nitrogens with zero attached hydrogens (tertiary/aromatic N) is 3. The summed E-state index contributed by atoms with van der Waals surface area (Å²) in [5.41, 5.74) is 0.225. The fourth-order valence-electron chi connectivity index (χ4n) is 3.12. The molecule has 2 N–H and O–H groups in total. The van der Waals surface area contributed by atoms with E-state index in [9.17, 15) is 14.7 Å². The van der Waals surface area contributed by atoms with E-state index in [1.165, 1.54) is 22.5 Å². The summed E-state index contributed by atoms with van der Waals surface area (Å²) in [4.78, 5) is 28.3. The highest BCUT2D eigenvalue weighted by Gasteiger charge is 2.27. The van der Waals surface area contributed by atoms with E-state index < -0.39 is 11.8 Å². The number of hydrogen-bond acceptors (Lipinski definition) is 6. The first kappa shape index (κ1) is 17.3. The zero-order chi connectivity index (χ0) is 18.8. The van der Waals surface area contributed by atoms with Gasteiger partial charge in [-0.15, -0.1) is 0 Å². The minimum absolute atomic E-state index is 0.0705. The van der Waals surface area contributed by atoms with Crippen molar-refractivity contribution < 1.29 is 14.7 Å². The molecule has 0 unspecified atom stereocenters. The van der Waals surface area contributed by atoms with Crippen molar-refractivity contribution in [2.24, 2.45) is 0 Å². The van der Waals surface area contributed by atoms with Gasteiger partial charge in [0.25, 0.3) is 0 Å². The van der Waals surface area contributed by atoms with E-state index in [0.29, 0.717) is 26.2 Å². The fraction of sp³-hybridized carbons (Fsp3) is 0.211. The first-order valence-corrected chi connectivity index (χ1v) is 9.38. The number of phenolic OH excluding ortho intramolecular Hbond substituents is 1. The van der Waals surface area contributed by atoms with E-state index in [2.05, 4.69) is 14.6 Å². The third-order valence-electron chi connectivity index (χ3n) is 4.57. The van der Waals surface area contributed by atoms with Crippen molar-refractivity contribution in [2.75, 3.05) is 36.4 Å². The van der Waals surface area contributed by atoms with Crippen molar-refractivity contribution in [3.8, 4) is 5.75 Å². The number of phenols is 1. The predicted octanol–water partition coefficient (Wildman–Crippen LogP) is 2.29. The van der Waals surface area contributed by atoms with Crippen LogP contribution < -0.4 is 10.2 Å². The molecular formula is C19H18N4O3S. The monoisotopic (exact) mass is 382 g/mol. The van der Waals surface area contributed by atoms with Gasteiger partial charge in [0.15, 0.2) is 0 Å². The van der Waals surface area contributed by atoms with Crippen molar-refractivity contribution in [1.29, 1.82) is 0 Å². The smallest absolute Gasteiger partial charge is 0.314 e. The Hall–Kier alpha value is -3.13. The van der Waals surface area contributed by atoms with Crippen LogP contribution in [0.15, 0.2) is 48.5 Å².